The van der Waals surface area contributed by atoms with Gasteiger partial charge in [-0.15, -0.1) is 11.3 Å². The Hall–Kier alpha value is -3.33. The maximum Gasteiger partial charge on any atom is 0.338 e. The van der Waals surface area contributed by atoms with Crippen LogP contribution >= 0.6 is 34.3 Å². The van der Waals surface area contributed by atoms with E-state index >= 15 is 0 Å². The van der Waals surface area contributed by atoms with Crippen molar-refractivity contribution in [3.63, 3.8) is 0 Å². The molecule has 176 valence electrons. The number of carbonyl (C=O) groups is 1. The summed E-state index contributed by atoms with van der Waals surface area (Å²) >= 11 is 8.73. The Morgan fingerprint density at radius 2 is 1.97 bits per heavy atom. The summed E-state index contributed by atoms with van der Waals surface area (Å²) in [5.74, 6) is -1.07. The van der Waals surface area contributed by atoms with Gasteiger partial charge in [-0.05, 0) is 42.1 Å². The number of esters is 1. The van der Waals surface area contributed by atoms with E-state index in [9.17, 15) is 14.0 Å². The maximum atomic E-state index is 14.4. The van der Waals surface area contributed by atoms with Gasteiger partial charge in [-0.2, -0.15) is 0 Å². The molecule has 1 aliphatic heterocycles. The van der Waals surface area contributed by atoms with Crippen LogP contribution < -0.4 is 14.9 Å². The van der Waals surface area contributed by atoms with Gasteiger partial charge in [0.2, 0.25) is 0 Å². The van der Waals surface area contributed by atoms with Crippen molar-refractivity contribution in [3.05, 3.63) is 124 Å². The summed E-state index contributed by atoms with van der Waals surface area (Å²) in [7, 11) is 0. The number of aromatic nitrogens is 1. The molecule has 0 aliphatic carbocycles. The number of thiophene rings is 1. The Morgan fingerprint density at radius 1 is 1.17 bits per heavy atom. The molecule has 0 saturated carbocycles. The summed E-state index contributed by atoms with van der Waals surface area (Å²) < 4.78 is 21.8. The highest BCUT2D eigenvalue weighted by molar-refractivity contribution is 7.10. The summed E-state index contributed by atoms with van der Waals surface area (Å²) in [6.07, 6.45) is 1.43. The van der Waals surface area contributed by atoms with Crippen LogP contribution in [0.15, 0.2) is 87.1 Å². The van der Waals surface area contributed by atoms with Crippen molar-refractivity contribution in [1.82, 2.24) is 4.57 Å². The third kappa shape index (κ3) is 4.52. The summed E-state index contributed by atoms with van der Waals surface area (Å²) in [6.45, 7) is 1.83. The van der Waals surface area contributed by atoms with E-state index in [0.29, 0.717) is 16.1 Å². The molecule has 0 N–H and O–H groups in total. The molecule has 0 unspecified atom stereocenters. The number of benzene rings is 2. The van der Waals surface area contributed by atoms with Crippen molar-refractivity contribution in [2.75, 3.05) is 0 Å². The Kier molecular flexibility index (Phi) is 6.51. The number of halogens is 2. The summed E-state index contributed by atoms with van der Waals surface area (Å²) in [5, 5.41) is 2.08. The third-order valence-electron chi connectivity index (χ3n) is 5.54. The van der Waals surface area contributed by atoms with Crippen LogP contribution in [0.5, 0.6) is 0 Å². The summed E-state index contributed by atoms with van der Waals surface area (Å²) in [6, 6.07) is 16.7. The van der Waals surface area contributed by atoms with Gasteiger partial charge in [0.05, 0.1) is 20.8 Å². The van der Waals surface area contributed by atoms with Crippen LogP contribution in [-0.2, 0) is 16.1 Å². The van der Waals surface area contributed by atoms with E-state index in [0.717, 1.165) is 21.8 Å². The van der Waals surface area contributed by atoms with E-state index in [1.165, 1.54) is 34.1 Å². The molecule has 0 amide bonds. The van der Waals surface area contributed by atoms with Crippen LogP contribution in [0.25, 0.3) is 6.08 Å². The molecule has 0 radical (unpaired) electrons. The van der Waals surface area contributed by atoms with Crippen molar-refractivity contribution >= 4 is 46.3 Å². The monoisotopic (exact) mass is 524 g/mol. The molecule has 1 atom stereocenters. The van der Waals surface area contributed by atoms with Crippen LogP contribution in [0.3, 0.4) is 0 Å². The number of thiazole rings is 1. The maximum absolute atomic E-state index is 14.4. The fraction of sp³-hybridized carbons (Fsp3) is 0.115. The number of hydrogen-bond donors (Lipinski definition) is 0. The van der Waals surface area contributed by atoms with Gasteiger partial charge in [0, 0.05) is 10.4 Å². The Morgan fingerprint density at radius 3 is 2.69 bits per heavy atom. The molecule has 2 aromatic carbocycles. The van der Waals surface area contributed by atoms with E-state index < -0.39 is 17.8 Å². The predicted molar refractivity (Wildman–Crippen MR) is 136 cm³/mol. The zero-order valence-electron chi connectivity index (χ0n) is 18.4. The largest absolute Gasteiger partial charge is 0.457 e. The summed E-state index contributed by atoms with van der Waals surface area (Å²) in [4.78, 5) is 32.6. The average Bonchev–Trinajstić information content (AvgIpc) is 3.48. The molecule has 1 aliphatic rings. The van der Waals surface area contributed by atoms with E-state index in [1.807, 2.05) is 47.8 Å². The normalized spacial score (nSPS) is 15.6. The number of ether oxygens (including phenoxy) is 1. The first-order chi connectivity index (χ1) is 16.9. The molecular formula is C26H18ClFN2O3S2. The van der Waals surface area contributed by atoms with Crippen molar-refractivity contribution in [2.24, 2.45) is 4.99 Å². The van der Waals surface area contributed by atoms with Crippen molar-refractivity contribution in [3.8, 4) is 0 Å². The third-order valence-corrected chi connectivity index (χ3v) is 7.78. The fourth-order valence-corrected chi connectivity index (χ4v) is 5.95. The van der Waals surface area contributed by atoms with Crippen molar-refractivity contribution in [2.45, 2.75) is 19.6 Å². The van der Waals surface area contributed by atoms with Gasteiger partial charge in [0.15, 0.2) is 4.80 Å². The number of allylic oxidation sites excluding steroid dienone is 1. The van der Waals surface area contributed by atoms with Gasteiger partial charge in [-0.3, -0.25) is 9.36 Å². The minimum Gasteiger partial charge on any atom is -0.457 e. The molecule has 3 heterocycles. The molecule has 0 bridgehead atoms. The van der Waals surface area contributed by atoms with Gasteiger partial charge < -0.3 is 4.74 Å². The lowest BCUT2D eigenvalue weighted by Gasteiger charge is -2.23. The number of nitrogens with zero attached hydrogens (tertiary/aromatic N) is 2. The molecule has 2 aromatic heterocycles. The zero-order chi connectivity index (χ0) is 24.5. The first-order valence-corrected chi connectivity index (χ1v) is 12.7. The standard InChI is InChI=1S/C26H18ClFN2O3S2/c1-15-22(25(32)33-14-16-7-3-2-4-8-16)23(20-11-6-12-34-20)30-24(31)21(35-26(30)29-15)13-17-18(27)9-5-10-19(17)28/h2-13,23H,14H2,1H3/b21-13+/t23-/m1/s1. The van der Waals surface area contributed by atoms with Crippen LogP contribution in [0.2, 0.25) is 5.02 Å². The first-order valence-electron chi connectivity index (χ1n) is 10.6. The van der Waals surface area contributed by atoms with Gasteiger partial charge in [0.25, 0.3) is 5.56 Å². The second kappa shape index (κ2) is 9.73. The molecule has 0 fully saturated rings. The predicted octanol–water partition coefficient (Wildman–Crippen LogP) is 4.83. The molecule has 9 heteroatoms. The lowest BCUT2D eigenvalue weighted by molar-refractivity contribution is -0.140. The van der Waals surface area contributed by atoms with Crippen LogP contribution in [0.4, 0.5) is 4.39 Å². The topological polar surface area (TPSA) is 60.7 Å². The molecule has 0 saturated heterocycles. The lowest BCUT2D eigenvalue weighted by atomic mass is 10.0. The highest BCUT2D eigenvalue weighted by atomic mass is 35.5. The highest BCUT2D eigenvalue weighted by Gasteiger charge is 2.34. The molecule has 4 aromatic rings. The van der Waals surface area contributed by atoms with Gasteiger partial charge in [-0.1, -0.05) is 65.4 Å². The van der Waals surface area contributed by atoms with Gasteiger partial charge >= 0.3 is 5.97 Å². The lowest BCUT2D eigenvalue weighted by Crippen LogP contribution is -2.39. The average molecular weight is 525 g/mol. The van der Waals surface area contributed by atoms with Crippen molar-refractivity contribution in [1.29, 1.82) is 0 Å². The highest BCUT2D eigenvalue weighted by Crippen LogP contribution is 2.33. The van der Waals surface area contributed by atoms with E-state index in [-0.39, 0.29) is 27.3 Å². The van der Waals surface area contributed by atoms with E-state index in [1.54, 1.807) is 13.0 Å². The summed E-state index contributed by atoms with van der Waals surface area (Å²) in [5.41, 5.74) is 1.37. The Bertz CT molecular complexity index is 1600. The minimum atomic E-state index is -0.701. The van der Waals surface area contributed by atoms with Crippen LogP contribution in [0, 0.1) is 5.82 Å². The van der Waals surface area contributed by atoms with Crippen LogP contribution in [0.1, 0.15) is 29.0 Å². The zero-order valence-corrected chi connectivity index (χ0v) is 20.8. The van der Waals surface area contributed by atoms with E-state index in [2.05, 4.69) is 4.99 Å². The van der Waals surface area contributed by atoms with Gasteiger partial charge in [-0.25, -0.2) is 14.2 Å². The van der Waals surface area contributed by atoms with Crippen LogP contribution in [-0.4, -0.2) is 10.5 Å². The molecule has 5 nitrogen and oxygen atoms in total. The quantitative estimate of drug-likeness (QED) is 0.351. The molecular weight excluding hydrogens is 507 g/mol. The SMILES string of the molecule is CC1=C(C(=O)OCc2ccccc2)[C@@H](c2cccs2)n2c(s/c(=C/c3c(F)cccc3Cl)c2=O)=N1. The number of fused-ring (bicyclic) bond motifs is 1. The van der Waals surface area contributed by atoms with Crippen molar-refractivity contribution < 1.29 is 13.9 Å². The Balaban J connectivity index is 1.61. The second-order valence-electron chi connectivity index (χ2n) is 7.79. The van der Waals surface area contributed by atoms with Gasteiger partial charge in [0.1, 0.15) is 18.5 Å². The fourth-order valence-electron chi connectivity index (χ4n) is 3.88. The minimum absolute atomic E-state index is 0.101. The first kappa shape index (κ1) is 23.4. The second-order valence-corrected chi connectivity index (χ2v) is 10.2. The number of carbonyl (C=O) groups excluding carboxylic acids is 1. The molecule has 5 rings (SSSR count). The smallest absolute Gasteiger partial charge is 0.338 e. The Labute approximate surface area is 212 Å². The number of rotatable bonds is 5. The van der Waals surface area contributed by atoms with E-state index in [4.69, 9.17) is 16.3 Å². The molecule has 35 heavy (non-hydrogen) atoms. The number of hydrogen-bond acceptors (Lipinski definition) is 6. The molecule has 0 spiro atoms.